The zero-order valence-corrected chi connectivity index (χ0v) is 20.7. The number of hydrogen-bond donors (Lipinski definition) is 1. The summed E-state index contributed by atoms with van der Waals surface area (Å²) in [6.45, 7) is 2.22. The van der Waals surface area contributed by atoms with Crippen LogP contribution in [-0.2, 0) is 4.79 Å². The first-order valence-electron chi connectivity index (χ1n) is 11.7. The molecule has 5 nitrogen and oxygen atoms in total. The van der Waals surface area contributed by atoms with Crippen LogP contribution in [0.25, 0.3) is 11.0 Å². The number of carbonyl (C=O) groups excluding carboxylic acids is 2. The van der Waals surface area contributed by atoms with Crippen LogP contribution in [0.1, 0.15) is 68.0 Å². The Morgan fingerprint density at radius 3 is 2.58 bits per heavy atom. The largest absolute Gasteiger partial charge is 0.496 e. The smallest absolute Gasteiger partial charge is 0.230 e. The lowest BCUT2D eigenvalue weighted by molar-refractivity contribution is -0.121. The second kappa shape index (κ2) is 10.6. The van der Waals surface area contributed by atoms with Gasteiger partial charge in [-0.2, -0.15) is 0 Å². The number of furan rings is 1. The Labute approximate surface area is 203 Å². The normalized spacial score (nSPS) is 18.3. The summed E-state index contributed by atoms with van der Waals surface area (Å²) in [5.41, 5.74) is 1.49. The second-order valence-corrected chi connectivity index (χ2v) is 9.68. The van der Waals surface area contributed by atoms with Gasteiger partial charge in [-0.1, -0.05) is 38.3 Å². The SMILES string of the molecule is CCCCC1CCC(C(=O)Nc2c(C(=O)c3ccc(OC)c(Br)c3)oc3ccccc23)CC1. The fourth-order valence-corrected chi connectivity index (χ4v) is 5.24. The van der Waals surface area contributed by atoms with E-state index in [1.807, 2.05) is 24.3 Å². The summed E-state index contributed by atoms with van der Waals surface area (Å²) in [5.74, 6) is 1.18. The average molecular weight is 512 g/mol. The summed E-state index contributed by atoms with van der Waals surface area (Å²) in [7, 11) is 1.58. The number of unbranched alkanes of at least 4 members (excludes halogenated alkanes) is 1. The number of halogens is 1. The number of carbonyl (C=O) groups is 2. The highest BCUT2D eigenvalue weighted by Gasteiger charge is 2.29. The number of ether oxygens (including phenoxy) is 1. The fourth-order valence-electron chi connectivity index (χ4n) is 4.70. The Kier molecular flexibility index (Phi) is 7.53. The molecule has 0 aliphatic heterocycles. The van der Waals surface area contributed by atoms with Crippen molar-refractivity contribution in [3.05, 3.63) is 58.3 Å². The van der Waals surface area contributed by atoms with Crippen LogP contribution in [0.5, 0.6) is 5.75 Å². The number of ketones is 1. The number of hydrogen-bond acceptors (Lipinski definition) is 4. The highest BCUT2D eigenvalue weighted by Crippen LogP contribution is 2.36. The lowest BCUT2D eigenvalue weighted by atomic mass is 9.79. The van der Waals surface area contributed by atoms with Crippen molar-refractivity contribution in [1.82, 2.24) is 0 Å². The maximum Gasteiger partial charge on any atom is 0.230 e. The van der Waals surface area contributed by atoms with E-state index >= 15 is 0 Å². The van der Waals surface area contributed by atoms with E-state index in [1.54, 1.807) is 25.3 Å². The third kappa shape index (κ3) is 5.16. The van der Waals surface area contributed by atoms with E-state index in [9.17, 15) is 9.59 Å². The number of anilines is 1. The molecular formula is C27H30BrNO4. The number of fused-ring (bicyclic) bond motifs is 1. The van der Waals surface area contributed by atoms with Crippen molar-refractivity contribution in [2.75, 3.05) is 12.4 Å². The zero-order chi connectivity index (χ0) is 23.4. The van der Waals surface area contributed by atoms with Gasteiger partial charge in [0.25, 0.3) is 0 Å². The Bertz CT molecular complexity index is 1140. The van der Waals surface area contributed by atoms with Gasteiger partial charge in [-0.25, -0.2) is 0 Å². The van der Waals surface area contributed by atoms with E-state index in [1.165, 1.54) is 19.3 Å². The van der Waals surface area contributed by atoms with Crippen LogP contribution >= 0.6 is 15.9 Å². The fraction of sp³-hybridized carbons (Fsp3) is 0.407. The maximum atomic E-state index is 13.4. The van der Waals surface area contributed by atoms with Crippen molar-refractivity contribution in [3.8, 4) is 5.75 Å². The number of para-hydroxylation sites is 1. The molecule has 0 radical (unpaired) electrons. The molecule has 1 saturated carbocycles. The minimum absolute atomic E-state index is 0.0274. The van der Waals surface area contributed by atoms with E-state index in [-0.39, 0.29) is 23.4 Å². The third-order valence-electron chi connectivity index (χ3n) is 6.65. The molecule has 0 bridgehead atoms. The Morgan fingerprint density at radius 2 is 1.88 bits per heavy atom. The highest BCUT2D eigenvalue weighted by atomic mass is 79.9. The van der Waals surface area contributed by atoms with E-state index in [2.05, 4.69) is 28.2 Å². The molecule has 1 aliphatic rings. The molecule has 1 aromatic heterocycles. The van der Waals surface area contributed by atoms with Gasteiger partial charge < -0.3 is 14.5 Å². The first-order valence-corrected chi connectivity index (χ1v) is 12.5. The minimum atomic E-state index is -0.284. The van der Waals surface area contributed by atoms with Crippen molar-refractivity contribution >= 4 is 44.3 Å². The summed E-state index contributed by atoms with van der Waals surface area (Å²) in [6, 6.07) is 12.6. The molecule has 2 aromatic carbocycles. The molecule has 0 unspecified atom stereocenters. The van der Waals surface area contributed by atoms with Crippen LogP contribution in [-0.4, -0.2) is 18.8 Å². The topological polar surface area (TPSA) is 68.5 Å². The van der Waals surface area contributed by atoms with E-state index in [4.69, 9.17) is 9.15 Å². The number of rotatable bonds is 8. The summed E-state index contributed by atoms with van der Waals surface area (Å²) >= 11 is 3.44. The van der Waals surface area contributed by atoms with Gasteiger partial charge in [0, 0.05) is 16.9 Å². The van der Waals surface area contributed by atoms with Crippen LogP contribution in [0.4, 0.5) is 5.69 Å². The second-order valence-electron chi connectivity index (χ2n) is 8.83. The van der Waals surface area contributed by atoms with Gasteiger partial charge in [-0.15, -0.1) is 0 Å². The van der Waals surface area contributed by atoms with Crippen LogP contribution in [0.2, 0.25) is 0 Å². The number of methoxy groups -OCH3 is 1. The molecule has 33 heavy (non-hydrogen) atoms. The standard InChI is InChI=1S/C27H30BrNO4/c1-3-4-7-17-10-12-18(13-11-17)27(31)29-24-20-8-5-6-9-22(20)33-26(24)25(30)19-14-15-23(32-2)21(28)16-19/h5-6,8-9,14-18H,3-4,7,10-13H2,1-2H3,(H,29,31). The molecular weight excluding hydrogens is 482 g/mol. The van der Waals surface area contributed by atoms with Crippen LogP contribution in [0.15, 0.2) is 51.4 Å². The first-order chi connectivity index (χ1) is 16.0. The molecule has 3 aromatic rings. The van der Waals surface area contributed by atoms with Crippen molar-refractivity contribution in [2.45, 2.75) is 51.9 Å². The van der Waals surface area contributed by atoms with Gasteiger partial charge in [0.1, 0.15) is 11.3 Å². The summed E-state index contributed by atoms with van der Waals surface area (Å²) in [4.78, 5) is 26.6. The minimum Gasteiger partial charge on any atom is -0.496 e. The Morgan fingerprint density at radius 1 is 1.12 bits per heavy atom. The summed E-state index contributed by atoms with van der Waals surface area (Å²) in [6.07, 6.45) is 7.71. The molecule has 1 fully saturated rings. The molecule has 0 spiro atoms. The average Bonchev–Trinajstić information content (AvgIpc) is 3.20. The molecule has 0 saturated heterocycles. The summed E-state index contributed by atoms with van der Waals surface area (Å²) in [5, 5.41) is 3.79. The molecule has 1 heterocycles. The zero-order valence-electron chi connectivity index (χ0n) is 19.2. The van der Waals surface area contributed by atoms with Crippen molar-refractivity contribution < 1.29 is 18.7 Å². The van der Waals surface area contributed by atoms with Gasteiger partial charge >= 0.3 is 0 Å². The predicted octanol–water partition coefficient (Wildman–Crippen LogP) is 7.37. The van der Waals surface area contributed by atoms with Gasteiger partial charge in [-0.3, -0.25) is 9.59 Å². The maximum absolute atomic E-state index is 13.4. The lowest BCUT2D eigenvalue weighted by Gasteiger charge is -2.27. The molecule has 0 atom stereocenters. The Hall–Kier alpha value is -2.60. The molecule has 4 rings (SSSR count). The first kappa shape index (κ1) is 23.6. The molecule has 1 amide bonds. The van der Waals surface area contributed by atoms with Gasteiger partial charge in [0.2, 0.25) is 11.7 Å². The van der Waals surface area contributed by atoms with Crippen LogP contribution in [0.3, 0.4) is 0 Å². The number of amides is 1. The lowest BCUT2D eigenvalue weighted by Crippen LogP contribution is -2.27. The van der Waals surface area contributed by atoms with E-state index in [0.29, 0.717) is 27.1 Å². The van der Waals surface area contributed by atoms with Crippen molar-refractivity contribution in [3.63, 3.8) is 0 Å². The van der Waals surface area contributed by atoms with E-state index < -0.39 is 0 Å². The van der Waals surface area contributed by atoms with Crippen molar-refractivity contribution in [1.29, 1.82) is 0 Å². The quantitative estimate of drug-likeness (QED) is 0.320. The van der Waals surface area contributed by atoms with Gasteiger partial charge in [-0.05, 0) is 77.9 Å². The monoisotopic (exact) mass is 511 g/mol. The van der Waals surface area contributed by atoms with Crippen molar-refractivity contribution in [2.24, 2.45) is 11.8 Å². The van der Waals surface area contributed by atoms with Crippen LogP contribution < -0.4 is 10.1 Å². The molecule has 6 heteroatoms. The van der Waals surface area contributed by atoms with Gasteiger partial charge in [0.05, 0.1) is 17.3 Å². The van der Waals surface area contributed by atoms with E-state index in [0.717, 1.165) is 37.0 Å². The number of benzene rings is 2. The van der Waals surface area contributed by atoms with Crippen LogP contribution in [0, 0.1) is 11.8 Å². The molecule has 1 N–H and O–H groups in total. The molecule has 1 aliphatic carbocycles. The number of nitrogens with one attached hydrogen (secondary N) is 1. The highest BCUT2D eigenvalue weighted by molar-refractivity contribution is 9.10. The Balaban J connectivity index is 1.58. The van der Waals surface area contributed by atoms with Gasteiger partial charge in [0.15, 0.2) is 5.76 Å². The predicted molar refractivity (Wildman–Crippen MR) is 134 cm³/mol. The molecule has 174 valence electrons. The summed E-state index contributed by atoms with van der Waals surface area (Å²) < 4.78 is 11.9. The third-order valence-corrected chi connectivity index (χ3v) is 7.27.